The van der Waals surface area contributed by atoms with Gasteiger partial charge in [-0.2, -0.15) is 0 Å². The van der Waals surface area contributed by atoms with Crippen molar-refractivity contribution >= 4 is 18.0 Å². The fourth-order valence-electron chi connectivity index (χ4n) is 2.90. The highest BCUT2D eigenvalue weighted by Gasteiger charge is 2.17. The van der Waals surface area contributed by atoms with E-state index in [1.807, 2.05) is 12.1 Å². The summed E-state index contributed by atoms with van der Waals surface area (Å²) in [6, 6.07) is 4.06. The number of methoxy groups -OCH3 is 1. The van der Waals surface area contributed by atoms with E-state index in [2.05, 4.69) is 28.5 Å². The van der Waals surface area contributed by atoms with Crippen molar-refractivity contribution in [2.45, 2.75) is 51.4 Å². The molecule has 0 aliphatic carbocycles. The molecule has 0 radical (unpaired) electrons. The molecule has 146 valence electrons. The zero-order chi connectivity index (χ0) is 19.5. The number of carboxylic acids is 1. The third-order valence-electron chi connectivity index (χ3n) is 4.32. The van der Waals surface area contributed by atoms with Crippen LogP contribution in [0.25, 0.3) is 6.08 Å². The van der Waals surface area contributed by atoms with Crippen molar-refractivity contribution in [1.82, 2.24) is 10.3 Å². The number of H-pyrrole nitrogens is 1. The SMILES string of the molecule is COC1=CC(=O)N/C1=C\c1ccc(CCCC/C=C/CCCCC(=O)O)[nH]1. The summed E-state index contributed by atoms with van der Waals surface area (Å²) in [5.41, 5.74) is 2.78. The third-order valence-corrected chi connectivity index (χ3v) is 4.32. The van der Waals surface area contributed by atoms with Crippen LogP contribution in [0.3, 0.4) is 0 Å². The molecule has 1 aromatic heterocycles. The van der Waals surface area contributed by atoms with Crippen LogP contribution in [-0.4, -0.2) is 29.1 Å². The average Bonchev–Trinajstić information content (AvgIpc) is 3.22. The normalized spacial score (nSPS) is 15.4. The van der Waals surface area contributed by atoms with E-state index in [9.17, 15) is 9.59 Å². The molecule has 1 amide bonds. The average molecular weight is 372 g/mol. The first-order valence-corrected chi connectivity index (χ1v) is 9.42. The molecule has 2 rings (SSSR count). The number of nitrogens with one attached hydrogen (secondary N) is 2. The molecule has 0 unspecified atom stereocenters. The van der Waals surface area contributed by atoms with Crippen molar-refractivity contribution in [3.63, 3.8) is 0 Å². The number of ether oxygens (including phenoxy) is 1. The zero-order valence-corrected chi connectivity index (χ0v) is 15.8. The smallest absolute Gasteiger partial charge is 0.303 e. The summed E-state index contributed by atoms with van der Waals surface area (Å²) < 4.78 is 5.18. The Hall–Kier alpha value is -2.76. The number of unbranched alkanes of at least 4 members (excludes halogenated alkanes) is 4. The predicted molar refractivity (Wildman–Crippen MR) is 105 cm³/mol. The molecule has 2 heterocycles. The molecular weight excluding hydrogens is 344 g/mol. The molecule has 6 heteroatoms. The summed E-state index contributed by atoms with van der Waals surface area (Å²) in [5.74, 6) is -0.336. The van der Waals surface area contributed by atoms with Gasteiger partial charge in [0.05, 0.1) is 12.8 Å². The first kappa shape index (κ1) is 20.6. The van der Waals surface area contributed by atoms with E-state index >= 15 is 0 Å². The van der Waals surface area contributed by atoms with Crippen molar-refractivity contribution < 1.29 is 19.4 Å². The van der Waals surface area contributed by atoms with Crippen LogP contribution in [0, 0.1) is 0 Å². The molecule has 0 aromatic carbocycles. The molecule has 1 aliphatic heterocycles. The minimum absolute atomic E-state index is 0.167. The van der Waals surface area contributed by atoms with Gasteiger partial charge in [0.15, 0.2) is 0 Å². The Bertz CT molecular complexity index is 728. The van der Waals surface area contributed by atoms with E-state index in [4.69, 9.17) is 9.84 Å². The van der Waals surface area contributed by atoms with E-state index in [1.165, 1.54) is 11.8 Å². The van der Waals surface area contributed by atoms with E-state index < -0.39 is 5.97 Å². The lowest BCUT2D eigenvalue weighted by Crippen LogP contribution is -2.13. The number of hydrogen-bond acceptors (Lipinski definition) is 3. The molecule has 0 bridgehead atoms. The second-order valence-electron chi connectivity index (χ2n) is 6.56. The molecule has 0 spiro atoms. The Morgan fingerprint density at radius 2 is 1.89 bits per heavy atom. The number of rotatable bonds is 12. The highest BCUT2D eigenvalue weighted by molar-refractivity contribution is 5.95. The van der Waals surface area contributed by atoms with Crippen LogP contribution >= 0.6 is 0 Å². The molecule has 1 aliphatic rings. The largest absolute Gasteiger partial charge is 0.494 e. The van der Waals surface area contributed by atoms with Gasteiger partial charge in [0, 0.05) is 23.9 Å². The number of aryl methyl sites for hydroxylation is 1. The zero-order valence-electron chi connectivity index (χ0n) is 15.8. The lowest BCUT2D eigenvalue weighted by atomic mass is 10.1. The van der Waals surface area contributed by atoms with Crippen LogP contribution in [0.5, 0.6) is 0 Å². The number of amides is 1. The summed E-state index contributed by atoms with van der Waals surface area (Å²) >= 11 is 0. The van der Waals surface area contributed by atoms with Crippen LogP contribution in [0.15, 0.2) is 41.8 Å². The number of aliphatic carboxylic acids is 1. The Balaban J connectivity index is 1.63. The topological polar surface area (TPSA) is 91.4 Å². The van der Waals surface area contributed by atoms with E-state index in [-0.39, 0.29) is 12.3 Å². The van der Waals surface area contributed by atoms with Gasteiger partial charge in [-0.1, -0.05) is 12.2 Å². The molecule has 0 fully saturated rings. The highest BCUT2D eigenvalue weighted by atomic mass is 16.5. The summed E-state index contributed by atoms with van der Waals surface area (Å²) in [5, 5.41) is 11.3. The second kappa shape index (κ2) is 11.1. The van der Waals surface area contributed by atoms with E-state index in [0.717, 1.165) is 50.6 Å². The molecule has 0 saturated carbocycles. The number of allylic oxidation sites excluding steroid dienone is 2. The standard InChI is InChI=1S/C21H28N2O4/c1-27-19-15-20(24)23-18(19)14-17-13-12-16(22-17)10-8-6-4-2-3-5-7-9-11-21(25)26/h2-3,12-15,22H,4-11H2,1H3,(H,23,24)(H,25,26)/b3-2+,18-14-. The number of aromatic nitrogens is 1. The van der Waals surface area contributed by atoms with Crippen LogP contribution in [0.1, 0.15) is 56.3 Å². The molecule has 1 aromatic rings. The van der Waals surface area contributed by atoms with E-state index in [1.54, 1.807) is 7.11 Å². The number of carbonyl (C=O) groups is 2. The maximum atomic E-state index is 11.4. The monoisotopic (exact) mass is 372 g/mol. The first-order valence-electron chi connectivity index (χ1n) is 9.42. The fourth-order valence-corrected chi connectivity index (χ4v) is 2.90. The Morgan fingerprint density at radius 1 is 1.15 bits per heavy atom. The van der Waals surface area contributed by atoms with Crippen LogP contribution < -0.4 is 5.32 Å². The van der Waals surface area contributed by atoms with Crippen molar-refractivity contribution in [1.29, 1.82) is 0 Å². The Labute approximate surface area is 160 Å². The van der Waals surface area contributed by atoms with Crippen molar-refractivity contribution in [2.24, 2.45) is 0 Å². The number of carboxylic acid groups (broad SMARTS) is 1. The lowest BCUT2D eigenvalue weighted by molar-refractivity contribution is -0.137. The highest BCUT2D eigenvalue weighted by Crippen LogP contribution is 2.18. The molecular formula is C21H28N2O4. The minimum atomic E-state index is -0.716. The second-order valence-corrected chi connectivity index (χ2v) is 6.56. The van der Waals surface area contributed by atoms with Gasteiger partial charge in [-0.25, -0.2) is 0 Å². The molecule has 6 nitrogen and oxygen atoms in total. The summed E-state index contributed by atoms with van der Waals surface area (Å²) in [6.45, 7) is 0. The Kier molecular flexibility index (Phi) is 8.42. The van der Waals surface area contributed by atoms with Gasteiger partial charge < -0.3 is 20.1 Å². The molecule has 0 saturated heterocycles. The van der Waals surface area contributed by atoms with Crippen LogP contribution in [-0.2, 0) is 20.7 Å². The van der Waals surface area contributed by atoms with Crippen molar-refractivity contribution in [3.05, 3.63) is 53.2 Å². The van der Waals surface area contributed by atoms with Crippen LogP contribution in [0.2, 0.25) is 0 Å². The van der Waals surface area contributed by atoms with E-state index in [0.29, 0.717) is 11.5 Å². The summed E-state index contributed by atoms with van der Waals surface area (Å²) in [7, 11) is 1.55. The van der Waals surface area contributed by atoms with Crippen LogP contribution in [0.4, 0.5) is 0 Å². The van der Waals surface area contributed by atoms with Gasteiger partial charge in [-0.05, 0) is 63.2 Å². The molecule has 0 atom stereocenters. The fraction of sp³-hybridized carbons (Fsp3) is 0.429. The predicted octanol–water partition coefficient (Wildman–Crippen LogP) is 3.93. The van der Waals surface area contributed by atoms with Gasteiger partial charge in [0.2, 0.25) is 0 Å². The van der Waals surface area contributed by atoms with Gasteiger partial charge in [-0.15, -0.1) is 0 Å². The van der Waals surface area contributed by atoms with Gasteiger partial charge in [0.25, 0.3) is 5.91 Å². The van der Waals surface area contributed by atoms with Gasteiger partial charge >= 0.3 is 5.97 Å². The number of hydrogen-bond donors (Lipinski definition) is 3. The lowest BCUT2D eigenvalue weighted by Gasteiger charge is -2.03. The molecule has 3 N–H and O–H groups in total. The van der Waals surface area contributed by atoms with Gasteiger partial charge in [0.1, 0.15) is 5.76 Å². The van der Waals surface area contributed by atoms with Crippen molar-refractivity contribution in [3.8, 4) is 0 Å². The summed E-state index contributed by atoms with van der Waals surface area (Å²) in [6.07, 6.45) is 14.8. The Morgan fingerprint density at radius 3 is 2.59 bits per heavy atom. The maximum Gasteiger partial charge on any atom is 0.303 e. The third kappa shape index (κ3) is 7.56. The summed E-state index contributed by atoms with van der Waals surface area (Å²) in [4.78, 5) is 25.2. The first-order chi connectivity index (χ1) is 13.1. The maximum absolute atomic E-state index is 11.4. The quantitative estimate of drug-likeness (QED) is 0.383. The number of aromatic amines is 1. The van der Waals surface area contributed by atoms with Gasteiger partial charge in [-0.3, -0.25) is 9.59 Å². The van der Waals surface area contributed by atoms with Crippen molar-refractivity contribution in [2.75, 3.05) is 7.11 Å². The minimum Gasteiger partial charge on any atom is -0.494 e. The molecule has 27 heavy (non-hydrogen) atoms. The number of carbonyl (C=O) groups excluding carboxylic acids is 1.